The van der Waals surface area contributed by atoms with Gasteiger partial charge in [-0.25, -0.2) is 0 Å². The molecular formula is C28H56O9. The molecule has 9 heteroatoms. The van der Waals surface area contributed by atoms with Crippen molar-refractivity contribution in [3.05, 3.63) is 11.3 Å². The van der Waals surface area contributed by atoms with Crippen LogP contribution in [0.2, 0.25) is 0 Å². The van der Waals surface area contributed by atoms with Gasteiger partial charge >= 0.3 is 0 Å². The Labute approximate surface area is 226 Å². The van der Waals surface area contributed by atoms with E-state index in [1.54, 1.807) is 0 Å². The van der Waals surface area contributed by atoms with E-state index < -0.39 is 24.6 Å². The molecule has 0 bridgehead atoms. The normalized spacial score (nSPS) is 15.0. The zero-order chi connectivity index (χ0) is 27.9. The second kappa shape index (κ2) is 24.3. The van der Waals surface area contributed by atoms with Crippen molar-refractivity contribution in [2.24, 2.45) is 5.92 Å². The van der Waals surface area contributed by atoms with Gasteiger partial charge < -0.3 is 42.6 Å². The van der Waals surface area contributed by atoms with E-state index >= 15 is 0 Å². The molecule has 0 fully saturated rings. The Bertz CT molecular complexity index is 528. The topological polar surface area (TPSA) is 83.1 Å². The van der Waals surface area contributed by atoms with Gasteiger partial charge in [0.05, 0.1) is 32.5 Å². The molecule has 37 heavy (non-hydrogen) atoms. The summed E-state index contributed by atoms with van der Waals surface area (Å²) in [5.41, 5.74) is 0.892. The maximum Gasteiger partial charge on any atom is 0.184 e. The van der Waals surface area contributed by atoms with E-state index in [4.69, 9.17) is 42.6 Å². The fourth-order valence-electron chi connectivity index (χ4n) is 4.10. The molecule has 0 rings (SSSR count). The molecule has 0 saturated heterocycles. The van der Waals surface area contributed by atoms with Gasteiger partial charge in [0.15, 0.2) is 6.29 Å². The van der Waals surface area contributed by atoms with Crippen molar-refractivity contribution >= 4 is 0 Å². The first kappa shape index (κ1) is 36.2. The predicted molar refractivity (Wildman–Crippen MR) is 145 cm³/mol. The lowest BCUT2D eigenvalue weighted by Crippen LogP contribution is -2.52. The van der Waals surface area contributed by atoms with Crippen LogP contribution >= 0.6 is 0 Å². The zero-order valence-electron chi connectivity index (χ0n) is 25.0. The van der Waals surface area contributed by atoms with Gasteiger partial charge in [0, 0.05) is 64.3 Å². The average Bonchev–Trinajstić information content (AvgIpc) is 2.90. The van der Waals surface area contributed by atoms with E-state index in [0.29, 0.717) is 85.0 Å². The molecule has 9 nitrogen and oxygen atoms in total. The summed E-state index contributed by atoms with van der Waals surface area (Å²) in [7, 11) is 0. The summed E-state index contributed by atoms with van der Waals surface area (Å²) in [5.74, 6) is 0.390. The number of rotatable bonds is 26. The molecule has 0 aliphatic carbocycles. The number of hydrogen-bond donors (Lipinski definition) is 0. The van der Waals surface area contributed by atoms with Crippen LogP contribution in [0.3, 0.4) is 0 Å². The molecular weight excluding hydrogens is 480 g/mol. The first-order chi connectivity index (χ1) is 18.0. The SMILES string of the molecule is CCOCC(COCC)=C(OCC)C(OCC)C(OCC)C(COCC)C(OCC)C(OCC)OCC. The molecule has 0 aromatic carbocycles. The molecule has 0 saturated carbocycles. The van der Waals surface area contributed by atoms with Crippen molar-refractivity contribution < 1.29 is 42.6 Å². The summed E-state index contributed by atoms with van der Waals surface area (Å²) in [6.45, 7) is 23.3. The van der Waals surface area contributed by atoms with Crippen LogP contribution in [0.4, 0.5) is 0 Å². The molecule has 222 valence electrons. The Morgan fingerprint density at radius 1 is 0.486 bits per heavy atom. The molecule has 0 aliphatic rings. The van der Waals surface area contributed by atoms with Crippen LogP contribution in [0.1, 0.15) is 62.3 Å². The highest BCUT2D eigenvalue weighted by molar-refractivity contribution is 5.17. The van der Waals surface area contributed by atoms with Crippen LogP contribution in [0.15, 0.2) is 11.3 Å². The van der Waals surface area contributed by atoms with Crippen molar-refractivity contribution in [1.82, 2.24) is 0 Å². The Morgan fingerprint density at radius 3 is 1.41 bits per heavy atom. The summed E-state index contributed by atoms with van der Waals surface area (Å²) in [6, 6.07) is 0. The zero-order valence-corrected chi connectivity index (χ0v) is 25.0. The van der Waals surface area contributed by atoms with Crippen molar-refractivity contribution in [3.8, 4) is 0 Å². The van der Waals surface area contributed by atoms with Gasteiger partial charge in [-0.15, -0.1) is 0 Å². The van der Waals surface area contributed by atoms with Crippen LogP contribution in [0.5, 0.6) is 0 Å². The molecule has 0 aliphatic heterocycles. The molecule has 0 spiro atoms. The first-order valence-electron chi connectivity index (χ1n) is 14.2. The Morgan fingerprint density at radius 2 is 0.973 bits per heavy atom. The van der Waals surface area contributed by atoms with E-state index in [1.165, 1.54) is 0 Å². The van der Waals surface area contributed by atoms with E-state index in [-0.39, 0.29) is 5.92 Å². The second-order valence-corrected chi connectivity index (χ2v) is 7.99. The third-order valence-corrected chi connectivity index (χ3v) is 5.52. The summed E-state index contributed by atoms with van der Waals surface area (Å²) in [4.78, 5) is 0. The van der Waals surface area contributed by atoms with Gasteiger partial charge in [0.25, 0.3) is 0 Å². The fourth-order valence-corrected chi connectivity index (χ4v) is 4.10. The Hall–Kier alpha value is -0.780. The minimum absolute atomic E-state index is 0.282. The average molecular weight is 537 g/mol. The lowest BCUT2D eigenvalue weighted by atomic mass is 9.89. The first-order valence-corrected chi connectivity index (χ1v) is 14.2. The van der Waals surface area contributed by atoms with Gasteiger partial charge in [-0.3, -0.25) is 0 Å². The highest BCUT2D eigenvalue weighted by atomic mass is 16.7. The molecule has 0 radical (unpaired) electrons. The number of ether oxygens (including phenoxy) is 9. The van der Waals surface area contributed by atoms with Crippen LogP contribution < -0.4 is 0 Å². The monoisotopic (exact) mass is 536 g/mol. The molecule has 0 heterocycles. The lowest BCUT2D eigenvalue weighted by Gasteiger charge is -2.40. The van der Waals surface area contributed by atoms with Crippen molar-refractivity contribution in [3.63, 3.8) is 0 Å². The summed E-state index contributed by atoms with van der Waals surface area (Å²) in [6.07, 6.45) is -2.06. The van der Waals surface area contributed by atoms with Crippen molar-refractivity contribution in [1.29, 1.82) is 0 Å². The van der Waals surface area contributed by atoms with E-state index in [2.05, 4.69) is 0 Å². The standard InChI is InChI=1S/C28H56O9/c1-10-29-19-22(20-30-11-2)24(32-13-4)27(35-16-7)25(33-14-5)23(21-31-12-3)26(34-15-6)28(36-17-8)37-18-9/h23,25-28H,10-21H2,1-9H3. The van der Waals surface area contributed by atoms with Crippen LogP contribution in [-0.4, -0.2) is 104 Å². The second-order valence-electron chi connectivity index (χ2n) is 7.99. The maximum atomic E-state index is 6.44. The molecule has 0 aromatic heterocycles. The largest absolute Gasteiger partial charge is 0.495 e. The molecule has 0 aromatic rings. The number of hydrogen-bond acceptors (Lipinski definition) is 9. The van der Waals surface area contributed by atoms with E-state index in [0.717, 1.165) is 5.57 Å². The molecule has 4 unspecified atom stereocenters. The Kier molecular flexibility index (Phi) is 23.8. The highest BCUT2D eigenvalue weighted by Gasteiger charge is 2.43. The van der Waals surface area contributed by atoms with Gasteiger partial charge in [0.1, 0.15) is 18.0 Å². The maximum absolute atomic E-state index is 6.44. The highest BCUT2D eigenvalue weighted by Crippen LogP contribution is 2.30. The van der Waals surface area contributed by atoms with Gasteiger partial charge in [0.2, 0.25) is 0 Å². The van der Waals surface area contributed by atoms with Crippen LogP contribution in [-0.2, 0) is 42.6 Å². The third kappa shape index (κ3) is 13.7. The summed E-state index contributed by atoms with van der Waals surface area (Å²) < 4.78 is 55.0. The van der Waals surface area contributed by atoms with Crippen molar-refractivity contribution in [2.45, 2.75) is 86.9 Å². The van der Waals surface area contributed by atoms with Crippen LogP contribution in [0.25, 0.3) is 0 Å². The third-order valence-electron chi connectivity index (χ3n) is 5.52. The minimum atomic E-state index is -0.587. The van der Waals surface area contributed by atoms with Gasteiger partial charge in [-0.05, 0) is 62.3 Å². The van der Waals surface area contributed by atoms with E-state index in [9.17, 15) is 0 Å². The van der Waals surface area contributed by atoms with E-state index in [1.807, 2.05) is 62.3 Å². The molecule has 4 atom stereocenters. The lowest BCUT2D eigenvalue weighted by molar-refractivity contribution is -0.238. The van der Waals surface area contributed by atoms with Crippen LogP contribution in [0, 0.1) is 5.92 Å². The fraction of sp³-hybridized carbons (Fsp3) is 0.929. The predicted octanol–water partition coefficient (Wildman–Crippen LogP) is 4.62. The quantitative estimate of drug-likeness (QED) is 0.116. The Balaban J connectivity index is 6.86. The summed E-state index contributed by atoms with van der Waals surface area (Å²) >= 11 is 0. The van der Waals surface area contributed by atoms with Gasteiger partial charge in [-0.2, -0.15) is 0 Å². The molecule has 0 N–H and O–H groups in total. The van der Waals surface area contributed by atoms with Gasteiger partial charge in [-0.1, -0.05) is 0 Å². The minimum Gasteiger partial charge on any atom is -0.495 e. The molecule has 0 amide bonds. The summed E-state index contributed by atoms with van der Waals surface area (Å²) in [5, 5.41) is 0. The van der Waals surface area contributed by atoms with Crippen molar-refractivity contribution in [2.75, 3.05) is 79.3 Å². The smallest absolute Gasteiger partial charge is 0.184 e.